The molecule has 0 radical (unpaired) electrons. The van der Waals surface area contributed by atoms with Gasteiger partial charge in [-0.2, -0.15) is 0 Å². The summed E-state index contributed by atoms with van der Waals surface area (Å²) in [7, 11) is 0. The smallest absolute Gasteiger partial charge is 0.323 e. The van der Waals surface area contributed by atoms with Crippen molar-refractivity contribution < 1.29 is 14.3 Å². The van der Waals surface area contributed by atoms with Crippen LogP contribution in [0.25, 0.3) is 0 Å². The average Bonchev–Trinajstić information content (AvgIpc) is 2.42. The number of benzene rings is 2. The molecule has 5 nitrogen and oxygen atoms in total. The highest BCUT2D eigenvalue weighted by Crippen LogP contribution is 2.27. The predicted octanol–water partition coefficient (Wildman–Crippen LogP) is 4.53. The molecule has 0 saturated carbocycles. The van der Waals surface area contributed by atoms with E-state index in [1.54, 1.807) is 30.3 Å². The number of nitrogens with one attached hydrogen (secondary N) is 2. The number of carbonyl (C=O) groups is 2. The van der Waals surface area contributed by atoms with Crippen LogP contribution in [0.1, 0.15) is 18.1 Å². The molecular weight excluding hydrogens is 316 g/mol. The molecular formula is C17H17ClN2O3. The molecule has 2 aromatic rings. The Morgan fingerprint density at radius 1 is 1.09 bits per heavy atom. The number of rotatable bonds is 3. The molecule has 6 heteroatoms. The first kappa shape index (κ1) is 16.8. The van der Waals surface area contributed by atoms with Crippen molar-refractivity contribution in [3.8, 4) is 5.75 Å². The van der Waals surface area contributed by atoms with Crippen LogP contribution in [-0.4, -0.2) is 12.0 Å². The van der Waals surface area contributed by atoms with Crippen molar-refractivity contribution in [3.63, 3.8) is 0 Å². The molecule has 2 N–H and O–H groups in total. The van der Waals surface area contributed by atoms with E-state index in [2.05, 4.69) is 10.6 Å². The second-order valence-corrected chi connectivity index (χ2v) is 5.55. The average molecular weight is 333 g/mol. The van der Waals surface area contributed by atoms with Crippen LogP contribution in [0.5, 0.6) is 5.75 Å². The normalized spacial score (nSPS) is 10.1. The van der Waals surface area contributed by atoms with Crippen LogP contribution in [-0.2, 0) is 4.79 Å². The van der Waals surface area contributed by atoms with Crippen LogP contribution < -0.4 is 15.4 Å². The highest BCUT2D eigenvalue weighted by molar-refractivity contribution is 6.34. The Balaban J connectivity index is 2.10. The molecule has 0 aliphatic carbocycles. The zero-order chi connectivity index (χ0) is 17.0. The van der Waals surface area contributed by atoms with E-state index in [0.29, 0.717) is 22.1 Å². The lowest BCUT2D eigenvalue weighted by Gasteiger charge is -2.13. The van der Waals surface area contributed by atoms with Gasteiger partial charge in [-0.3, -0.25) is 4.79 Å². The number of hydrogen-bond acceptors (Lipinski definition) is 3. The van der Waals surface area contributed by atoms with Gasteiger partial charge in [0.1, 0.15) is 5.75 Å². The first-order valence-corrected chi connectivity index (χ1v) is 7.36. The summed E-state index contributed by atoms with van der Waals surface area (Å²) in [4.78, 5) is 23.1. The van der Waals surface area contributed by atoms with Gasteiger partial charge in [0, 0.05) is 18.7 Å². The Bertz CT molecular complexity index is 736. The SMILES string of the molecule is CC(=O)Oc1cccc(NC(=O)Nc2c(C)cc(C)cc2Cl)c1. The quantitative estimate of drug-likeness (QED) is 0.641. The van der Waals surface area contributed by atoms with Gasteiger partial charge < -0.3 is 15.4 Å². The third kappa shape index (κ3) is 4.72. The Morgan fingerprint density at radius 3 is 2.48 bits per heavy atom. The number of amides is 2. The van der Waals surface area contributed by atoms with E-state index >= 15 is 0 Å². The van der Waals surface area contributed by atoms with Crippen LogP contribution >= 0.6 is 11.6 Å². The predicted molar refractivity (Wildman–Crippen MR) is 91.3 cm³/mol. The lowest BCUT2D eigenvalue weighted by atomic mass is 10.1. The molecule has 2 aromatic carbocycles. The van der Waals surface area contributed by atoms with E-state index in [-0.39, 0.29) is 0 Å². The van der Waals surface area contributed by atoms with Gasteiger partial charge >= 0.3 is 12.0 Å². The molecule has 0 saturated heterocycles. The van der Waals surface area contributed by atoms with Crippen molar-refractivity contribution in [1.29, 1.82) is 0 Å². The highest BCUT2D eigenvalue weighted by Gasteiger charge is 2.10. The fourth-order valence-electron chi connectivity index (χ4n) is 2.15. The standard InChI is InChI=1S/C17H17ClN2O3/c1-10-7-11(2)16(15(18)8-10)20-17(22)19-13-5-4-6-14(9-13)23-12(3)21/h4-9H,1-3H3,(H2,19,20,22). The number of aryl methyl sites for hydroxylation is 2. The molecule has 0 spiro atoms. The summed E-state index contributed by atoms with van der Waals surface area (Å²) in [5, 5.41) is 5.88. The van der Waals surface area contributed by atoms with Crippen LogP contribution in [0.4, 0.5) is 16.2 Å². The summed E-state index contributed by atoms with van der Waals surface area (Å²) in [5.74, 6) is -0.0616. The first-order chi connectivity index (χ1) is 10.8. The number of carbonyl (C=O) groups excluding carboxylic acids is 2. The van der Waals surface area contributed by atoms with E-state index in [4.69, 9.17) is 16.3 Å². The maximum Gasteiger partial charge on any atom is 0.323 e. The fourth-order valence-corrected chi connectivity index (χ4v) is 2.52. The van der Waals surface area contributed by atoms with E-state index in [1.807, 2.05) is 19.9 Å². The maximum absolute atomic E-state index is 12.1. The number of esters is 1. The fraction of sp³-hybridized carbons (Fsp3) is 0.176. The molecule has 2 rings (SSSR count). The Morgan fingerprint density at radius 2 is 1.83 bits per heavy atom. The lowest BCUT2D eigenvalue weighted by molar-refractivity contribution is -0.131. The van der Waals surface area contributed by atoms with E-state index in [0.717, 1.165) is 11.1 Å². The Hall–Kier alpha value is -2.53. The molecule has 2 amide bonds. The van der Waals surface area contributed by atoms with Gasteiger partial charge in [-0.25, -0.2) is 4.79 Å². The van der Waals surface area contributed by atoms with Gasteiger partial charge in [0.15, 0.2) is 0 Å². The molecule has 0 aliphatic heterocycles. The number of hydrogen-bond donors (Lipinski definition) is 2. The molecule has 120 valence electrons. The van der Waals surface area contributed by atoms with Crippen LogP contribution in [0.15, 0.2) is 36.4 Å². The molecule has 0 bridgehead atoms. The number of ether oxygens (including phenoxy) is 1. The second kappa shape index (κ2) is 7.15. The highest BCUT2D eigenvalue weighted by atomic mass is 35.5. The maximum atomic E-state index is 12.1. The lowest BCUT2D eigenvalue weighted by Crippen LogP contribution is -2.20. The minimum atomic E-state index is -0.432. The van der Waals surface area contributed by atoms with Gasteiger partial charge in [-0.05, 0) is 43.2 Å². The van der Waals surface area contributed by atoms with Crippen molar-refractivity contribution in [3.05, 3.63) is 52.5 Å². The molecule has 0 aliphatic rings. The van der Waals surface area contributed by atoms with Gasteiger partial charge in [0.25, 0.3) is 0 Å². The zero-order valence-electron chi connectivity index (χ0n) is 13.1. The van der Waals surface area contributed by atoms with E-state index < -0.39 is 12.0 Å². The summed E-state index contributed by atoms with van der Waals surface area (Å²) < 4.78 is 4.97. The summed E-state index contributed by atoms with van der Waals surface area (Å²) >= 11 is 6.16. The largest absolute Gasteiger partial charge is 0.427 e. The number of urea groups is 1. The van der Waals surface area contributed by atoms with Crippen molar-refractivity contribution in [1.82, 2.24) is 0 Å². The molecule has 0 fully saturated rings. The zero-order valence-corrected chi connectivity index (χ0v) is 13.8. The molecule has 0 atom stereocenters. The monoisotopic (exact) mass is 332 g/mol. The first-order valence-electron chi connectivity index (χ1n) is 6.98. The van der Waals surface area contributed by atoms with Gasteiger partial charge in [0.2, 0.25) is 0 Å². The number of halogens is 1. The van der Waals surface area contributed by atoms with Crippen LogP contribution in [0.3, 0.4) is 0 Å². The third-order valence-corrected chi connectivity index (χ3v) is 3.32. The minimum Gasteiger partial charge on any atom is -0.427 e. The summed E-state index contributed by atoms with van der Waals surface area (Å²) in [6.45, 7) is 5.12. The van der Waals surface area contributed by atoms with Crippen molar-refractivity contribution in [2.45, 2.75) is 20.8 Å². The Labute approximate surface area is 139 Å². The summed E-state index contributed by atoms with van der Waals surface area (Å²) in [5.41, 5.74) is 2.96. The molecule has 23 heavy (non-hydrogen) atoms. The molecule has 0 heterocycles. The third-order valence-electron chi connectivity index (χ3n) is 3.02. The van der Waals surface area contributed by atoms with Gasteiger partial charge in [0.05, 0.1) is 10.7 Å². The van der Waals surface area contributed by atoms with Crippen molar-refractivity contribution >= 4 is 35.0 Å². The van der Waals surface area contributed by atoms with E-state index in [1.165, 1.54) is 6.92 Å². The topological polar surface area (TPSA) is 67.4 Å². The number of anilines is 2. The summed E-state index contributed by atoms with van der Waals surface area (Å²) in [6, 6.07) is 9.84. The Kier molecular flexibility index (Phi) is 5.24. The van der Waals surface area contributed by atoms with E-state index in [9.17, 15) is 9.59 Å². The van der Waals surface area contributed by atoms with Gasteiger partial charge in [-0.1, -0.05) is 23.7 Å². The van der Waals surface area contributed by atoms with Crippen LogP contribution in [0, 0.1) is 13.8 Å². The van der Waals surface area contributed by atoms with Gasteiger partial charge in [-0.15, -0.1) is 0 Å². The van der Waals surface area contributed by atoms with Crippen molar-refractivity contribution in [2.75, 3.05) is 10.6 Å². The molecule has 0 aromatic heterocycles. The molecule has 0 unspecified atom stereocenters. The van der Waals surface area contributed by atoms with Crippen LogP contribution in [0.2, 0.25) is 5.02 Å². The second-order valence-electron chi connectivity index (χ2n) is 5.14. The summed E-state index contributed by atoms with van der Waals surface area (Å²) in [6.07, 6.45) is 0. The van der Waals surface area contributed by atoms with Crippen molar-refractivity contribution in [2.24, 2.45) is 0 Å². The minimum absolute atomic E-state index is 0.361.